The van der Waals surface area contributed by atoms with Crippen molar-refractivity contribution in [2.24, 2.45) is 5.10 Å². The van der Waals surface area contributed by atoms with Gasteiger partial charge in [-0.15, -0.1) is 0 Å². The van der Waals surface area contributed by atoms with E-state index in [1.165, 1.54) is 32.4 Å². The average Bonchev–Trinajstić information content (AvgIpc) is 2.41. The number of hydrazone groups is 1. The van der Waals surface area contributed by atoms with E-state index >= 15 is 0 Å². The molecule has 0 aliphatic carbocycles. The second-order valence-electron chi connectivity index (χ2n) is 3.84. The van der Waals surface area contributed by atoms with Gasteiger partial charge in [0.25, 0.3) is 0 Å². The molecule has 20 heavy (non-hydrogen) atoms. The summed E-state index contributed by atoms with van der Waals surface area (Å²) in [5.41, 5.74) is 0.317. The van der Waals surface area contributed by atoms with E-state index in [4.69, 9.17) is 21.6 Å². The number of nitriles is 1. The minimum absolute atomic E-state index is 0.121. The first-order valence-corrected chi connectivity index (χ1v) is 6.13. The quantitative estimate of drug-likeness (QED) is 0.666. The molecule has 6 nitrogen and oxygen atoms in total. The predicted octanol–water partition coefficient (Wildman–Crippen LogP) is 2.15. The smallest absolute Gasteiger partial charge is 0.239 e. The maximum Gasteiger partial charge on any atom is 0.239 e. The van der Waals surface area contributed by atoms with E-state index in [9.17, 15) is 9.90 Å². The van der Waals surface area contributed by atoms with Crippen molar-refractivity contribution >= 4 is 23.7 Å². The van der Waals surface area contributed by atoms with Crippen LogP contribution in [0, 0.1) is 11.3 Å². The van der Waals surface area contributed by atoms with E-state index in [-0.39, 0.29) is 30.4 Å². The first kappa shape index (κ1) is 15.8. The first-order chi connectivity index (χ1) is 9.49. The number of hydrogen-bond acceptors (Lipinski definition) is 5. The highest BCUT2D eigenvalue weighted by atomic mass is 35.5. The van der Waals surface area contributed by atoms with E-state index in [1.54, 1.807) is 0 Å². The molecule has 0 aliphatic rings. The van der Waals surface area contributed by atoms with Crippen LogP contribution in [-0.2, 0) is 4.79 Å². The molecule has 0 saturated carbocycles. The molecule has 0 bridgehead atoms. The molecule has 0 heterocycles. The molecular weight excluding hydrogens is 282 g/mol. The second-order valence-corrected chi connectivity index (χ2v) is 4.28. The lowest BCUT2D eigenvalue weighted by Gasteiger charge is -2.13. The van der Waals surface area contributed by atoms with Crippen LogP contribution in [0.1, 0.15) is 18.9 Å². The molecule has 0 spiro atoms. The largest absolute Gasteiger partial charge is 0.504 e. The third-order valence-electron chi connectivity index (χ3n) is 2.42. The summed E-state index contributed by atoms with van der Waals surface area (Å²) >= 11 is 5.89. The van der Waals surface area contributed by atoms with Gasteiger partial charge in [-0.05, 0) is 6.07 Å². The van der Waals surface area contributed by atoms with Crippen LogP contribution in [-0.4, -0.2) is 35.9 Å². The molecule has 0 atom stereocenters. The van der Waals surface area contributed by atoms with Crippen molar-refractivity contribution in [2.45, 2.75) is 13.3 Å². The monoisotopic (exact) mass is 295 g/mol. The fourth-order valence-electron chi connectivity index (χ4n) is 1.43. The molecule has 7 heteroatoms. The zero-order valence-electron chi connectivity index (χ0n) is 11.1. The van der Waals surface area contributed by atoms with Crippen LogP contribution in [0.25, 0.3) is 0 Å². The molecule has 0 fully saturated rings. The number of amides is 1. The van der Waals surface area contributed by atoms with Gasteiger partial charge in [0, 0.05) is 23.6 Å². The molecule has 1 amide bonds. The lowest BCUT2D eigenvalue weighted by molar-refractivity contribution is -0.128. The average molecular weight is 296 g/mol. The molecule has 1 rings (SSSR count). The van der Waals surface area contributed by atoms with Crippen molar-refractivity contribution in [3.8, 4) is 17.6 Å². The zero-order chi connectivity index (χ0) is 15.1. The Kier molecular flexibility index (Phi) is 5.81. The van der Waals surface area contributed by atoms with Crippen LogP contribution >= 0.6 is 11.6 Å². The highest BCUT2D eigenvalue weighted by molar-refractivity contribution is 6.31. The topological polar surface area (TPSA) is 85.9 Å². The van der Waals surface area contributed by atoms with E-state index in [2.05, 4.69) is 5.10 Å². The molecule has 1 N–H and O–H groups in total. The molecule has 106 valence electrons. The van der Waals surface area contributed by atoms with Crippen molar-refractivity contribution in [1.82, 2.24) is 5.01 Å². The number of phenols is 1. The summed E-state index contributed by atoms with van der Waals surface area (Å²) in [5, 5.41) is 23.9. The Morgan fingerprint density at radius 2 is 2.35 bits per heavy atom. The minimum Gasteiger partial charge on any atom is -0.504 e. The van der Waals surface area contributed by atoms with Gasteiger partial charge in [-0.1, -0.05) is 11.6 Å². The highest BCUT2D eigenvalue weighted by Crippen LogP contribution is 2.32. The number of rotatable bonds is 5. The van der Waals surface area contributed by atoms with Crippen molar-refractivity contribution < 1.29 is 14.6 Å². The number of ether oxygens (including phenoxy) is 1. The molecule has 1 aromatic rings. The molecule has 0 saturated heterocycles. The van der Waals surface area contributed by atoms with Gasteiger partial charge < -0.3 is 9.84 Å². The van der Waals surface area contributed by atoms with Crippen molar-refractivity contribution in [3.05, 3.63) is 22.7 Å². The first-order valence-electron chi connectivity index (χ1n) is 5.75. The Hall–Kier alpha value is -2.26. The van der Waals surface area contributed by atoms with Crippen LogP contribution in [0.3, 0.4) is 0 Å². The van der Waals surface area contributed by atoms with Gasteiger partial charge in [-0.3, -0.25) is 4.79 Å². The van der Waals surface area contributed by atoms with Gasteiger partial charge in [-0.2, -0.15) is 10.4 Å². The van der Waals surface area contributed by atoms with E-state index in [0.717, 1.165) is 5.01 Å². The van der Waals surface area contributed by atoms with E-state index in [0.29, 0.717) is 10.6 Å². The Morgan fingerprint density at radius 1 is 1.65 bits per heavy atom. The van der Waals surface area contributed by atoms with Gasteiger partial charge >= 0.3 is 0 Å². The third-order valence-corrected chi connectivity index (χ3v) is 2.64. The second kappa shape index (κ2) is 7.36. The Morgan fingerprint density at radius 3 is 2.90 bits per heavy atom. The predicted molar refractivity (Wildman–Crippen MR) is 74.9 cm³/mol. The van der Waals surface area contributed by atoms with E-state index in [1.807, 2.05) is 6.07 Å². The van der Waals surface area contributed by atoms with Crippen LogP contribution in [0.15, 0.2) is 17.2 Å². The number of phenolic OH excluding ortho intramolecular Hbond substituents is 1. The highest BCUT2D eigenvalue weighted by Gasteiger charge is 2.10. The number of benzene rings is 1. The summed E-state index contributed by atoms with van der Waals surface area (Å²) in [6.45, 7) is 1.52. The van der Waals surface area contributed by atoms with Crippen LogP contribution < -0.4 is 4.74 Å². The van der Waals surface area contributed by atoms with Crippen LogP contribution in [0.4, 0.5) is 0 Å². The zero-order valence-corrected chi connectivity index (χ0v) is 11.9. The number of aromatic hydroxyl groups is 1. The van der Waals surface area contributed by atoms with Crippen molar-refractivity contribution in [2.75, 3.05) is 13.7 Å². The summed E-state index contributed by atoms with van der Waals surface area (Å²) in [4.78, 5) is 11.3. The Balaban J connectivity index is 3.01. The number of halogens is 1. The lowest BCUT2D eigenvalue weighted by atomic mass is 10.2. The van der Waals surface area contributed by atoms with E-state index < -0.39 is 0 Å². The maximum atomic E-state index is 11.3. The molecule has 1 aromatic carbocycles. The molecular formula is C13H14ClN3O3. The molecule has 0 aromatic heterocycles. The van der Waals surface area contributed by atoms with Gasteiger partial charge in [0.15, 0.2) is 11.5 Å². The van der Waals surface area contributed by atoms with Crippen molar-refractivity contribution in [1.29, 1.82) is 5.26 Å². The molecule has 0 radical (unpaired) electrons. The molecule has 0 aliphatic heterocycles. The third kappa shape index (κ3) is 4.14. The Bertz CT molecular complexity index is 567. The lowest BCUT2D eigenvalue weighted by Crippen LogP contribution is -2.24. The number of methoxy groups -OCH3 is 1. The van der Waals surface area contributed by atoms with Gasteiger partial charge in [0.05, 0.1) is 32.4 Å². The minimum atomic E-state index is -0.301. The van der Waals surface area contributed by atoms with Crippen molar-refractivity contribution in [3.63, 3.8) is 0 Å². The van der Waals surface area contributed by atoms with Crippen LogP contribution in [0.2, 0.25) is 5.02 Å². The number of carbonyl (C=O) groups excluding carboxylic acids is 1. The number of carbonyl (C=O) groups is 1. The SMILES string of the molecule is COc1cc(Cl)cc(/C=N\N(CCC#N)C(C)=O)c1O. The maximum absolute atomic E-state index is 11.3. The van der Waals surface area contributed by atoms with Crippen LogP contribution in [0.5, 0.6) is 11.5 Å². The van der Waals surface area contributed by atoms with Gasteiger partial charge in [-0.25, -0.2) is 5.01 Å². The summed E-state index contributed by atoms with van der Waals surface area (Å²) in [5.74, 6) is -0.209. The number of hydrogen-bond donors (Lipinski definition) is 1. The summed E-state index contributed by atoms with van der Waals surface area (Å²) < 4.78 is 4.97. The summed E-state index contributed by atoms with van der Waals surface area (Å²) in [6, 6.07) is 4.89. The fraction of sp³-hybridized carbons (Fsp3) is 0.308. The standard InChI is InChI=1S/C13H14ClN3O3/c1-9(18)17(5-3-4-15)16-8-10-6-11(14)7-12(20-2)13(10)19/h6-8,19H,3,5H2,1-2H3/b16-8-. The summed E-state index contributed by atoms with van der Waals surface area (Å²) in [6.07, 6.45) is 1.46. The molecule has 0 unspecified atom stereocenters. The number of nitrogens with zero attached hydrogens (tertiary/aromatic N) is 3. The summed E-state index contributed by atoms with van der Waals surface area (Å²) in [7, 11) is 1.40. The van der Waals surface area contributed by atoms with Gasteiger partial charge in [0.2, 0.25) is 5.91 Å². The fourth-order valence-corrected chi connectivity index (χ4v) is 1.65. The normalized spacial score (nSPS) is 10.3. The Labute approximate surface area is 121 Å². The van der Waals surface area contributed by atoms with Gasteiger partial charge in [0.1, 0.15) is 0 Å².